The second-order valence-electron chi connectivity index (χ2n) is 7.18. The largest absolute Gasteiger partial charge is 0.330 e. The van der Waals surface area contributed by atoms with Crippen LogP contribution in [-0.2, 0) is 16.8 Å². The quantitative estimate of drug-likeness (QED) is 0.890. The van der Waals surface area contributed by atoms with Gasteiger partial charge in [-0.1, -0.05) is 31.2 Å². The van der Waals surface area contributed by atoms with E-state index < -0.39 is 0 Å². The molecule has 0 bridgehead atoms. The van der Waals surface area contributed by atoms with Crippen molar-refractivity contribution < 1.29 is 4.79 Å². The normalized spacial score (nSPS) is 29.1. The van der Waals surface area contributed by atoms with E-state index in [1.165, 1.54) is 21.6 Å². The molecule has 0 radical (unpaired) electrons. The molecule has 1 aromatic heterocycles. The summed E-state index contributed by atoms with van der Waals surface area (Å²) >= 11 is 1.76. The number of carbonyl (C=O) groups is 1. The van der Waals surface area contributed by atoms with Crippen LogP contribution in [-0.4, -0.2) is 37.1 Å². The van der Waals surface area contributed by atoms with Crippen LogP contribution in [0.25, 0.3) is 11.1 Å². The number of benzene rings is 1. The highest BCUT2D eigenvalue weighted by Gasteiger charge is 2.54. The van der Waals surface area contributed by atoms with E-state index in [9.17, 15) is 4.79 Å². The van der Waals surface area contributed by atoms with Crippen LogP contribution in [0.15, 0.2) is 35.7 Å². The molecule has 2 saturated heterocycles. The molecule has 0 aliphatic carbocycles. The van der Waals surface area contributed by atoms with E-state index in [-0.39, 0.29) is 23.5 Å². The number of amides is 1. The van der Waals surface area contributed by atoms with E-state index >= 15 is 0 Å². The number of fused-ring (bicyclic) bond motifs is 1. The Kier molecular flexibility index (Phi) is 4.18. The molecule has 5 heteroatoms. The second kappa shape index (κ2) is 6.24. The lowest BCUT2D eigenvalue weighted by atomic mass is 9.81. The summed E-state index contributed by atoms with van der Waals surface area (Å²) in [6, 6.07) is 11.0. The Labute approximate surface area is 153 Å². The van der Waals surface area contributed by atoms with Crippen molar-refractivity contribution in [1.82, 2.24) is 15.5 Å². The van der Waals surface area contributed by atoms with Crippen molar-refractivity contribution in [2.75, 3.05) is 20.1 Å². The molecule has 4 nitrogen and oxygen atoms in total. The zero-order chi connectivity index (χ0) is 17.6. The molecule has 25 heavy (non-hydrogen) atoms. The first-order valence-corrected chi connectivity index (χ1v) is 9.86. The zero-order valence-electron chi connectivity index (χ0n) is 15.0. The van der Waals surface area contributed by atoms with E-state index in [4.69, 9.17) is 0 Å². The molecular weight excluding hydrogens is 330 g/mol. The van der Waals surface area contributed by atoms with Crippen LogP contribution in [0, 0.1) is 5.92 Å². The van der Waals surface area contributed by atoms with E-state index in [2.05, 4.69) is 60.2 Å². The highest BCUT2D eigenvalue weighted by Crippen LogP contribution is 2.42. The van der Waals surface area contributed by atoms with Gasteiger partial charge in [-0.3, -0.25) is 10.1 Å². The van der Waals surface area contributed by atoms with Crippen LogP contribution in [0.3, 0.4) is 0 Å². The van der Waals surface area contributed by atoms with Gasteiger partial charge in [0.05, 0.1) is 17.6 Å². The minimum atomic E-state index is -0.283. The fourth-order valence-electron chi connectivity index (χ4n) is 4.09. The Morgan fingerprint density at radius 3 is 2.96 bits per heavy atom. The topological polar surface area (TPSA) is 44.4 Å². The number of carbonyl (C=O) groups excluding carboxylic acids is 1. The Bertz CT molecular complexity index is 802. The molecule has 2 aromatic rings. The summed E-state index contributed by atoms with van der Waals surface area (Å²) in [6.45, 7) is 5.78. The molecule has 1 amide bonds. The summed E-state index contributed by atoms with van der Waals surface area (Å²) in [5, 5.41) is 9.39. The highest BCUT2D eigenvalue weighted by atomic mass is 32.1. The maximum atomic E-state index is 12.8. The first-order chi connectivity index (χ1) is 12.0. The molecule has 1 aromatic carbocycles. The van der Waals surface area contributed by atoms with Crippen molar-refractivity contribution in [3.8, 4) is 11.1 Å². The molecule has 132 valence electrons. The summed E-state index contributed by atoms with van der Waals surface area (Å²) < 4.78 is 0. The van der Waals surface area contributed by atoms with Gasteiger partial charge in [0.1, 0.15) is 0 Å². The van der Waals surface area contributed by atoms with Gasteiger partial charge in [0.25, 0.3) is 0 Å². The Hall–Kier alpha value is -1.69. The number of nitrogens with one attached hydrogen (secondary N) is 2. The molecule has 0 spiro atoms. The van der Waals surface area contributed by atoms with Crippen LogP contribution in [0.2, 0.25) is 0 Å². The maximum absolute atomic E-state index is 12.8. The number of hydrogen-bond donors (Lipinski definition) is 2. The SMILES string of the molecule is CCc1cccc(-c2csc([C@]34CNCC3C(=O)N(C)C(C)N4)c2)c1. The van der Waals surface area contributed by atoms with Crippen LogP contribution < -0.4 is 10.6 Å². The molecule has 2 N–H and O–H groups in total. The molecule has 2 aliphatic rings. The van der Waals surface area contributed by atoms with Gasteiger partial charge >= 0.3 is 0 Å². The monoisotopic (exact) mass is 355 g/mol. The third-order valence-electron chi connectivity index (χ3n) is 5.75. The van der Waals surface area contributed by atoms with E-state index in [0.29, 0.717) is 0 Å². The number of thiophene rings is 1. The van der Waals surface area contributed by atoms with Crippen LogP contribution in [0.5, 0.6) is 0 Å². The number of nitrogens with zero attached hydrogens (tertiary/aromatic N) is 1. The third-order valence-corrected chi connectivity index (χ3v) is 6.86. The van der Waals surface area contributed by atoms with Gasteiger partial charge in [0.15, 0.2) is 0 Å². The van der Waals surface area contributed by atoms with Crippen molar-refractivity contribution in [1.29, 1.82) is 0 Å². The van der Waals surface area contributed by atoms with Gasteiger partial charge in [0, 0.05) is 25.0 Å². The summed E-state index contributed by atoms with van der Waals surface area (Å²) in [7, 11) is 1.89. The van der Waals surface area contributed by atoms with Crippen molar-refractivity contribution in [2.24, 2.45) is 5.92 Å². The standard InChI is InChI=1S/C20H25N3OS/c1-4-14-6-5-7-15(8-14)16-9-18(25-11-16)20-12-21-10-17(20)19(24)23(3)13(2)22-20/h5-9,11,13,17,21-22H,4,10,12H2,1-3H3/t13?,17?,20-/m0/s1. The lowest BCUT2D eigenvalue weighted by molar-refractivity contribution is -0.144. The number of hydrogen-bond acceptors (Lipinski definition) is 4. The summed E-state index contributed by atoms with van der Waals surface area (Å²) in [4.78, 5) is 15.9. The number of aryl methyl sites for hydroxylation is 1. The summed E-state index contributed by atoms with van der Waals surface area (Å²) in [6.07, 6.45) is 1.08. The predicted octanol–water partition coefficient (Wildman–Crippen LogP) is 2.80. The fraction of sp³-hybridized carbons (Fsp3) is 0.450. The average Bonchev–Trinajstić information content (AvgIpc) is 3.28. The first-order valence-electron chi connectivity index (χ1n) is 8.98. The molecule has 0 saturated carbocycles. The maximum Gasteiger partial charge on any atom is 0.230 e. The lowest BCUT2D eigenvalue weighted by Gasteiger charge is -2.46. The fourth-order valence-corrected chi connectivity index (χ4v) is 5.23. The predicted molar refractivity (Wildman–Crippen MR) is 103 cm³/mol. The van der Waals surface area contributed by atoms with Crippen molar-refractivity contribution >= 4 is 17.2 Å². The average molecular weight is 356 g/mol. The third kappa shape index (κ3) is 2.62. The van der Waals surface area contributed by atoms with Gasteiger partial charge in [-0.05, 0) is 41.5 Å². The first kappa shape index (κ1) is 16.8. The van der Waals surface area contributed by atoms with Crippen LogP contribution >= 0.6 is 11.3 Å². The molecule has 2 aliphatic heterocycles. The van der Waals surface area contributed by atoms with Gasteiger partial charge in [-0.2, -0.15) is 0 Å². The number of rotatable bonds is 3. The smallest absolute Gasteiger partial charge is 0.230 e. The lowest BCUT2D eigenvalue weighted by Crippen LogP contribution is -2.65. The summed E-state index contributed by atoms with van der Waals surface area (Å²) in [5.41, 5.74) is 3.57. The van der Waals surface area contributed by atoms with E-state index in [1.807, 2.05) is 11.9 Å². The molecule has 2 unspecified atom stereocenters. The minimum Gasteiger partial charge on any atom is -0.330 e. The van der Waals surface area contributed by atoms with E-state index in [1.54, 1.807) is 11.3 Å². The molecular formula is C20H25N3OS. The van der Waals surface area contributed by atoms with Crippen molar-refractivity contribution in [2.45, 2.75) is 32.0 Å². The molecule has 3 heterocycles. The van der Waals surface area contributed by atoms with Crippen LogP contribution in [0.4, 0.5) is 0 Å². The zero-order valence-corrected chi connectivity index (χ0v) is 15.8. The van der Waals surface area contributed by atoms with E-state index in [0.717, 1.165) is 19.5 Å². The highest BCUT2D eigenvalue weighted by molar-refractivity contribution is 7.10. The Balaban J connectivity index is 1.72. The molecule has 4 rings (SSSR count). The van der Waals surface area contributed by atoms with Crippen molar-refractivity contribution in [3.05, 3.63) is 46.2 Å². The second-order valence-corrected chi connectivity index (χ2v) is 8.09. The van der Waals surface area contributed by atoms with Gasteiger partial charge < -0.3 is 10.2 Å². The molecule has 2 fully saturated rings. The van der Waals surface area contributed by atoms with Gasteiger partial charge in [-0.25, -0.2) is 0 Å². The Morgan fingerprint density at radius 2 is 2.16 bits per heavy atom. The van der Waals surface area contributed by atoms with Gasteiger partial charge in [-0.15, -0.1) is 11.3 Å². The van der Waals surface area contributed by atoms with Crippen LogP contribution in [0.1, 0.15) is 24.3 Å². The summed E-state index contributed by atoms with van der Waals surface area (Å²) in [5.74, 6) is 0.196. The van der Waals surface area contributed by atoms with Gasteiger partial charge in [0.2, 0.25) is 5.91 Å². The minimum absolute atomic E-state index is 0.0395. The van der Waals surface area contributed by atoms with Crippen molar-refractivity contribution in [3.63, 3.8) is 0 Å². The molecule has 3 atom stereocenters. The Morgan fingerprint density at radius 1 is 1.32 bits per heavy atom.